The molecule has 1 aromatic rings. The van der Waals surface area contributed by atoms with E-state index in [9.17, 15) is 0 Å². The normalized spacial score (nSPS) is 17.0. The Kier molecular flexibility index (Phi) is 4.54. The lowest BCUT2D eigenvalue weighted by molar-refractivity contribution is 0.419. The van der Waals surface area contributed by atoms with Crippen molar-refractivity contribution >= 4 is 17.7 Å². The summed E-state index contributed by atoms with van der Waals surface area (Å²) >= 11 is 2.08. The molecule has 94 valence electrons. The van der Waals surface area contributed by atoms with Gasteiger partial charge in [0.2, 0.25) is 5.95 Å². The minimum absolute atomic E-state index is 0.775. The van der Waals surface area contributed by atoms with Crippen molar-refractivity contribution in [2.75, 3.05) is 23.4 Å². The van der Waals surface area contributed by atoms with Crippen LogP contribution < -0.4 is 5.32 Å². The number of thioether (sulfide) groups is 1. The standard InChI is InChI=1S/C13H21N3S/c1-3-6-14-13-15-11(2)9-16(13)10-12-4-7-17-8-5-12/h3,9,12H,1,4-8,10H2,2H3,(H,14,15). The van der Waals surface area contributed by atoms with E-state index in [-0.39, 0.29) is 0 Å². The maximum absolute atomic E-state index is 4.51. The van der Waals surface area contributed by atoms with E-state index in [4.69, 9.17) is 0 Å². The highest BCUT2D eigenvalue weighted by atomic mass is 32.2. The number of aromatic nitrogens is 2. The van der Waals surface area contributed by atoms with Crippen LogP contribution in [0.5, 0.6) is 0 Å². The number of imidazole rings is 1. The van der Waals surface area contributed by atoms with Crippen molar-refractivity contribution in [3.05, 3.63) is 24.5 Å². The maximum Gasteiger partial charge on any atom is 0.203 e. The van der Waals surface area contributed by atoms with Gasteiger partial charge in [0.1, 0.15) is 0 Å². The Morgan fingerprint density at radius 1 is 1.59 bits per heavy atom. The molecule has 1 aliphatic heterocycles. The molecule has 17 heavy (non-hydrogen) atoms. The van der Waals surface area contributed by atoms with Gasteiger partial charge in [-0.05, 0) is 37.2 Å². The summed E-state index contributed by atoms with van der Waals surface area (Å²) < 4.78 is 2.26. The van der Waals surface area contributed by atoms with Crippen LogP contribution >= 0.6 is 11.8 Å². The summed E-state index contributed by atoms with van der Waals surface area (Å²) in [5.74, 6) is 4.43. The lowest BCUT2D eigenvalue weighted by Gasteiger charge is -2.22. The molecule has 0 unspecified atom stereocenters. The van der Waals surface area contributed by atoms with Crippen LogP contribution in [0.1, 0.15) is 18.5 Å². The van der Waals surface area contributed by atoms with Gasteiger partial charge in [0.25, 0.3) is 0 Å². The van der Waals surface area contributed by atoms with Gasteiger partial charge in [-0.1, -0.05) is 6.08 Å². The van der Waals surface area contributed by atoms with Crippen LogP contribution in [-0.2, 0) is 6.54 Å². The third kappa shape index (κ3) is 3.53. The summed E-state index contributed by atoms with van der Waals surface area (Å²) in [4.78, 5) is 4.51. The molecular formula is C13H21N3S. The first-order valence-electron chi connectivity index (χ1n) is 6.26. The van der Waals surface area contributed by atoms with Crippen molar-refractivity contribution in [1.82, 2.24) is 9.55 Å². The molecule has 1 fully saturated rings. The SMILES string of the molecule is C=CCNc1nc(C)cn1CC1CCSCC1. The number of hydrogen-bond donors (Lipinski definition) is 1. The highest BCUT2D eigenvalue weighted by molar-refractivity contribution is 7.99. The Morgan fingerprint density at radius 3 is 3.06 bits per heavy atom. The number of rotatable bonds is 5. The summed E-state index contributed by atoms with van der Waals surface area (Å²) in [7, 11) is 0. The molecular weight excluding hydrogens is 230 g/mol. The molecule has 0 saturated carbocycles. The smallest absolute Gasteiger partial charge is 0.203 e. The monoisotopic (exact) mass is 251 g/mol. The van der Waals surface area contributed by atoms with Crippen molar-refractivity contribution < 1.29 is 0 Å². The summed E-state index contributed by atoms with van der Waals surface area (Å²) in [5, 5.41) is 3.30. The largest absolute Gasteiger partial charge is 0.352 e. The van der Waals surface area contributed by atoms with Gasteiger partial charge in [-0.3, -0.25) is 0 Å². The third-order valence-electron chi connectivity index (χ3n) is 3.10. The van der Waals surface area contributed by atoms with E-state index < -0.39 is 0 Å². The van der Waals surface area contributed by atoms with Crippen LogP contribution in [0, 0.1) is 12.8 Å². The van der Waals surface area contributed by atoms with Gasteiger partial charge in [0, 0.05) is 19.3 Å². The topological polar surface area (TPSA) is 29.9 Å². The average molecular weight is 251 g/mol. The molecule has 2 heterocycles. The molecule has 0 bridgehead atoms. The Hall–Kier alpha value is -0.900. The van der Waals surface area contributed by atoms with Crippen LogP contribution in [0.15, 0.2) is 18.9 Å². The zero-order chi connectivity index (χ0) is 12.1. The van der Waals surface area contributed by atoms with E-state index in [0.717, 1.165) is 30.6 Å². The van der Waals surface area contributed by atoms with Crippen LogP contribution in [0.25, 0.3) is 0 Å². The fraction of sp³-hybridized carbons (Fsp3) is 0.615. The molecule has 3 nitrogen and oxygen atoms in total. The second kappa shape index (κ2) is 6.15. The molecule has 1 aromatic heterocycles. The minimum atomic E-state index is 0.775. The average Bonchev–Trinajstić information content (AvgIpc) is 2.68. The van der Waals surface area contributed by atoms with E-state index in [0.29, 0.717) is 0 Å². The van der Waals surface area contributed by atoms with Gasteiger partial charge in [-0.15, -0.1) is 6.58 Å². The van der Waals surface area contributed by atoms with Gasteiger partial charge in [0.15, 0.2) is 0 Å². The molecule has 1 N–H and O–H groups in total. The van der Waals surface area contributed by atoms with Crippen LogP contribution in [0.3, 0.4) is 0 Å². The Labute approximate surface area is 108 Å². The molecule has 0 amide bonds. The molecule has 0 aromatic carbocycles. The minimum Gasteiger partial charge on any atom is -0.352 e. The lowest BCUT2D eigenvalue weighted by Crippen LogP contribution is -2.17. The van der Waals surface area contributed by atoms with Crippen LogP contribution in [0.2, 0.25) is 0 Å². The fourth-order valence-electron chi connectivity index (χ4n) is 2.20. The molecule has 0 radical (unpaired) electrons. The fourth-order valence-corrected chi connectivity index (χ4v) is 3.40. The highest BCUT2D eigenvalue weighted by Gasteiger charge is 2.16. The van der Waals surface area contributed by atoms with Gasteiger partial charge < -0.3 is 9.88 Å². The third-order valence-corrected chi connectivity index (χ3v) is 4.15. The Balaban J connectivity index is 2.00. The van der Waals surface area contributed by atoms with Crippen molar-refractivity contribution in [3.8, 4) is 0 Å². The van der Waals surface area contributed by atoms with Crippen molar-refractivity contribution in [2.45, 2.75) is 26.3 Å². The molecule has 0 atom stereocenters. The van der Waals surface area contributed by atoms with Crippen LogP contribution in [0.4, 0.5) is 5.95 Å². The van der Waals surface area contributed by atoms with E-state index in [2.05, 4.69) is 39.4 Å². The number of nitrogens with one attached hydrogen (secondary N) is 1. The summed E-state index contributed by atoms with van der Waals surface area (Å²) in [6, 6.07) is 0. The first kappa shape index (κ1) is 12.6. The highest BCUT2D eigenvalue weighted by Crippen LogP contribution is 2.25. The quantitative estimate of drug-likeness (QED) is 0.816. The molecule has 0 aliphatic carbocycles. The number of aryl methyl sites for hydroxylation is 1. The predicted molar refractivity (Wildman–Crippen MR) is 75.7 cm³/mol. The maximum atomic E-state index is 4.51. The van der Waals surface area contributed by atoms with Crippen molar-refractivity contribution in [1.29, 1.82) is 0 Å². The Bertz CT molecular complexity index is 367. The Morgan fingerprint density at radius 2 is 2.35 bits per heavy atom. The van der Waals surface area contributed by atoms with Gasteiger partial charge >= 0.3 is 0 Å². The summed E-state index contributed by atoms with van der Waals surface area (Å²) in [6.07, 6.45) is 6.68. The van der Waals surface area contributed by atoms with E-state index in [1.54, 1.807) is 0 Å². The van der Waals surface area contributed by atoms with Crippen molar-refractivity contribution in [2.24, 2.45) is 5.92 Å². The second-order valence-corrected chi connectivity index (χ2v) is 5.81. The first-order chi connectivity index (χ1) is 8.29. The van der Waals surface area contributed by atoms with Crippen molar-refractivity contribution in [3.63, 3.8) is 0 Å². The zero-order valence-electron chi connectivity index (χ0n) is 10.5. The summed E-state index contributed by atoms with van der Waals surface area (Å²) in [5.41, 5.74) is 1.08. The van der Waals surface area contributed by atoms with E-state index >= 15 is 0 Å². The second-order valence-electron chi connectivity index (χ2n) is 4.58. The van der Waals surface area contributed by atoms with E-state index in [1.807, 2.05) is 13.0 Å². The lowest BCUT2D eigenvalue weighted by atomic mass is 10.0. The molecule has 4 heteroatoms. The number of anilines is 1. The molecule has 1 saturated heterocycles. The number of nitrogens with zero attached hydrogens (tertiary/aromatic N) is 2. The van der Waals surface area contributed by atoms with Crippen LogP contribution in [-0.4, -0.2) is 27.6 Å². The van der Waals surface area contributed by atoms with E-state index in [1.165, 1.54) is 24.3 Å². The van der Waals surface area contributed by atoms with Gasteiger partial charge in [-0.25, -0.2) is 4.98 Å². The van der Waals surface area contributed by atoms with Gasteiger partial charge in [0.05, 0.1) is 5.69 Å². The number of hydrogen-bond acceptors (Lipinski definition) is 3. The molecule has 1 aliphatic rings. The van der Waals surface area contributed by atoms with Gasteiger partial charge in [-0.2, -0.15) is 11.8 Å². The predicted octanol–water partition coefficient (Wildman–Crippen LogP) is 2.93. The zero-order valence-corrected chi connectivity index (χ0v) is 11.3. The first-order valence-corrected chi connectivity index (χ1v) is 7.41. The molecule has 0 spiro atoms. The summed E-state index contributed by atoms with van der Waals surface area (Å²) in [6.45, 7) is 7.65. The molecule has 2 rings (SSSR count).